The smallest absolute Gasteiger partial charge is 0.261 e. The summed E-state index contributed by atoms with van der Waals surface area (Å²) < 4.78 is 0. The van der Waals surface area contributed by atoms with Crippen LogP contribution in [0, 0.1) is 0 Å². The first-order valence-corrected chi connectivity index (χ1v) is 8.02. The standard InChI is InChI=1S/C12H18N2OS2/c15-12(11-4-2-8-17-11)14-6-5-13-10-3-1-7-16-9-10/h2,4,8,10,13H,1,3,5-7,9H2,(H,14,15)/t10-/m1/s1. The first-order chi connectivity index (χ1) is 8.36. The van der Waals surface area contributed by atoms with Gasteiger partial charge in [-0.25, -0.2) is 0 Å². The van der Waals surface area contributed by atoms with Gasteiger partial charge in [-0.15, -0.1) is 11.3 Å². The van der Waals surface area contributed by atoms with Crippen molar-refractivity contribution in [2.75, 3.05) is 24.6 Å². The van der Waals surface area contributed by atoms with E-state index in [4.69, 9.17) is 0 Å². The second kappa shape index (κ2) is 7.03. The molecule has 5 heteroatoms. The van der Waals surface area contributed by atoms with Crippen molar-refractivity contribution >= 4 is 29.0 Å². The van der Waals surface area contributed by atoms with Crippen LogP contribution in [0.2, 0.25) is 0 Å². The second-order valence-corrected chi connectivity index (χ2v) is 6.20. The molecule has 2 N–H and O–H groups in total. The molecule has 1 saturated heterocycles. The molecule has 1 amide bonds. The number of carbonyl (C=O) groups is 1. The lowest BCUT2D eigenvalue weighted by Crippen LogP contribution is -2.39. The van der Waals surface area contributed by atoms with Crippen molar-refractivity contribution < 1.29 is 4.79 Å². The number of carbonyl (C=O) groups excluding carboxylic acids is 1. The lowest BCUT2D eigenvalue weighted by atomic mass is 10.2. The largest absolute Gasteiger partial charge is 0.350 e. The molecule has 17 heavy (non-hydrogen) atoms. The molecule has 0 unspecified atom stereocenters. The Hall–Kier alpha value is -0.520. The van der Waals surface area contributed by atoms with Gasteiger partial charge >= 0.3 is 0 Å². The highest BCUT2D eigenvalue weighted by atomic mass is 32.2. The van der Waals surface area contributed by atoms with Gasteiger partial charge in [0, 0.05) is 24.9 Å². The van der Waals surface area contributed by atoms with Crippen LogP contribution in [0.1, 0.15) is 22.5 Å². The quantitative estimate of drug-likeness (QED) is 0.804. The third-order valence-electron chi connectivity index (χ3n) is 2.75. The summed E-state index contributed by atoms with van der Waals surface area (Å²) >= 11 is 3.50. The molecule has 1 aromatic heterocycles. The Kier molecular flexibility index (Phi) is 5.35. The van der Waals surface area contributed by atoms with Gasteiger partial charge in [-0.2, -0.15) is 11.8 Å². The molecule has 1 aromatic rings. The molecule has 0 spiro atoms. The van der Waals surface area contributed by atoms with Crippen LogP contribution < -0.4 is 10.6 Å². The van der Waals surface area contributed by atoms with Crippen molar-refractivity contribution in [1.82, 2.24) is 10.6 Å². The van der Waals surface area contributed by atoms with Crippen molar-refractivity contribution in [1.29, 1.82) is 0 Å². The van der Waals surface area contributed by atoms with Gasteiger partial charge in [-0.05, 0) is 30.0 Å². The monoisotopic (exact) mass is 270 g/mol. The van der Waals surface area contributed by atoms with E-state index in [1.165, 1.54) is 35.7 Å². The minimum Gasteiger partial charge on any atom is -0.350 e. The summed E-state index contributed by atoms with van der Waals surface area (Å²) in [6, 6.07) is 4.38. The van der Waals surface area contributed by atoms with Crippen LogP contribution >= 0.6 is 23.1 Å². The summed E-state index contributed by atoms with van der Waals surface area (Å²) in [4.78, 5) is 12.4. The number of thiophene rings is 1. The third kappa shape index (κ3) is 4.33. The molecule has 2 heterocycles. The fourth-order valence-corrected chi connectivity index (χ4v) is 3.60. The summed E-state index contributed by atoms with van der Waals surface area (Å²) in [5, 5.41) is 8.34. The fourth-order valence-electron chi connectivity index (χ4n) is 1.85. The molecular weight excluding hydrogens is 252 g/mol. The Balaban J connectivity index is 1.58. The fraction of sp³-hybridized carbons (Fsp3) is 0.583. The Morgan fingerprint density at radius 2 is 2.41 bits per heavy atom. The Morgan fingerprint density at radius 1 is 1.47 bits per heavy atom. The van der Waals surface area contributed by atoms with Crippen molar-refractivity contribution in [3.8, 4) is 0 Å². The molecule has 1 aliphatic heterocycles. The van der Waals surface area contributed by atoms with E-state index in [2.05, 4.69) is 10.6 Å². The van der Waals surface area contributed by atoms with Gasteiger partial charge in [-0.1, -0.05) is 6.07 Å². The summed E-state index contributed by atoms with van der Waals surface area (Å²) in [7, 11) is 0. The molecule has 1 fully saturated rings. The van der Waals surface area contributed by atoms with Gasteiger partial charge in [0.25, 0.3) is 5.91 Å². The predicted molar refractivity (Wildman–Crippen MR) is 75.0 cm³/mol. The zero-order valence-electron chi connectivity index (χ0n) is 9.78. The van der Waals surface area contributed by atoms with E-state index in [0.717, 1.165) is 11.4 Å². The van der Waals surface area contributed by atoms with Crippen LogP contribution in [0.15, 0.2) is 17.5 Å². The highest BCUT2D eigenvalue weighted by Gasteiger charge is 2.12. The van der Waals surface area contributed by atoms with Crippen molar-refractivity contribution in [2.45, 2.75) is 18.9 Å². The van der Waals surface area contributed by atoms with E-state index >= 15 is 0 Å². The highest BCUT2D eigenvalue weighted by Crippen LogP contribution is 2.16. The molecule has 0 saturated carbocycles. The zero-order chi connectivity index (χ0) is 11.9. The maximum Gasteiger partial charge on any atom is 0.261 e. The number of nitrogens with one attached hydrogen (secondary N) is 2. The topological polar surface area (TPSA) is 41.1 Å². The lowest BCUT2D eigenvalue weighted by molar-refractivity contribution is 0.0957. The van der Waals surface area contributed by atoms with Crippen molar-refractivity contribution in [3.05, 3.63) is 22.4 Å². The normalized spacial score (nSPS) is 20.1. The minimum atomic E-state index is 0.0415. The first kappa shape index (κ1) is 12.9. The summed E-state index contributed by atoms with van der Waals surface area (Å²) in [5.41, 5.74) is 0. The Labute approximate surface area is 110 Å². The van der Waals surface area contributed by atoms with Crippen LogP contribution in [0.4, 0.5) is 0 Å². The third-order valence-corrected chi connectivity index (χ3v) is 4.83. The first-order valence-electron chi connectivity index (χ1n) is 5.99. The molecule has 0 aliphatic carbocycles. The van der Waals surface area contributed by atoms with Crippen LogP contribution in [-0.2, 0) is 0 Å². The van der Waals surface area contributed by atoms with Crippen LogP contribution in [0.5, 0.6) is 0 Å². The van der Waals surface area contributed by atoms with E-state index < -0.39 is 0 Å². The average molecular weight is 270 g/mol. The van der Waals surface area contributed by atoms with Gasteiger partial charge in [0.15, 0.2) is 0 Å². The van der Waals surface area contributed by atoms with E-state index in [-0.39, 0.29) is 5.91 Å². The average Bonchev–Trinajstić information content (AvgIpc) is 2.89. The van der Waals surface area contributed by atoms with Crippen LogP contribution in [0.3, 0.4) is 0 Å². The SMILES string of the molecule is O=C(NCCN[C@@H]1CCCSC1)c1cccs1. The number of amides is 1. The van der Waals surface area contributed by atoms with E-state index in [1.54, 1.807) is 0 Å². The van der Waals surface area contributed by atoms with Crippen molar-refractivity contribution in [3.63, 3.8) is 0 Å². The minimum absolute atomic E-state index is 0.0415. The maximum atomic E-state index is 11.6. The molecule has 3 nitrogen and oxygen atoms in total. The van der Waals surface area contributed by atoms with Gasteiger partial charge in [0.1, 0.15) is 0 Å². The van der Waals surface area contributed by atoms with Gasteiger partial charge in [0.05, 0.1) is 4.88 Å². The van der Waals surface area contributed by atoms with E-state index in [9.17, 15) is 4.79 Å². The molecule has 94 valence electrons. The summed E-state index contributed by atoms with van der Waals surface area (Å²) in [6.07, 6.45) is 2.58. The van der Waals surface area contributed by atoms with E-state index in [1.807, 2.05) is 29.3 Å². The Bertz CT molecular complexity index is 334. The summed E-state index contributed by atoms with van der Waals surface area (Å²) in [6.45, 7) is 1.57. The molecule has 0 aromatic carbocycles. The highest BCUT2D eigenvalue weighted by molar-refractivity contribution is 7.99. The molecule has 2 rings (SSSR count). The predicted octanol–water partition coefficient (Wildman–Crippen LogP) is 1.96. The number of thioether (sulfide) groups is 1. The van der Waals surface area contributed by atoms with Crippen molar-refractivity contribution in [2.24, 2.45) is 0 Å². The summed E-state index contributed by atoms with van der Waals surface area (Å²) in [5.74, 6) is 2.55. The van der Waals surface area contributed by atoms with E-state index in [0.29, 0.717) is 12.6 Å². The number of hydrogen-bond acceptors (Lipinski definition) is 4. The van der Waals surface area contributed by atoms with Crippen LogP contribution in [0.25, 0.3) is 0 Å². The zero-order valence-corrected chi connectivity index (χ0v) is 11.4. The second-order valence-electron chi connectivity index (χ2n) is 4.10. The van der Waals surface area contributed by atoms with Gasteiger partial charge in [-0.3, -0.25) is 4.79 Å². The molecule has 1 atom stereocenters. The maximum absolute atomic E-state index is 11.6. The van der Waals surface area contributed by atoms with Gasteiger partial charge in [0.2, 0.25) is 0 Å². The van der Waals surface area contributed by atoms with Gasteiger partial charge < -0.3 is 10.6 Å². The lowest BCUT2D eigenvalue weighted by Gasteiger charge is -2.22. The number of rotatable bonds is 5. The van der Waals surface area contributed by atoms with Crippen LogP contribution in [-0.4, -0.2) is 36.5 Å². The molecule has 0 radical (unpaired) electrons. The molecule has 0 bridgehead atoms. The molecule has 1 aliphatic rings. The molecular formula is C12H18N2OS2. The number of hydrogen-bond donors (Lipinski definition) is 2. The Morgan fingerprint density at radius 3 is 3.12 bits per heavy atom.